The predicted octanol–water partition coefficient (Wildman–Crippen LogP) is 2.60. The molecule has 1 aliphatic heterocycles. The zero-order valence-electron chi connectivity index (χ0n) is 12.8. The molecule has 0 aromatic heterocycles. The number of benzene rings is 1. The molecule has 0 unspecified atom stereocenters. The fourth-order valence-corrected chi connectivity index (χ4v) is 2.35. The highest BCUT2D eigenvalue weighted by atomic mass is 16.6. The zero-order chi connectivity index (χ0) is 15.5. The maximum Gasteiger partial charge on any atom is 0.407 e. The van der Waals surface area contributed by atoms with Crippen LogP contribution < -0.4 is 10.2 Å². The van der Waals surface area contributed by atoms with Crippen LogP contribution in [-0.4, -0.2) is 37.1 Å². The second-order valence-electron chi connectivity index (χ2n) is 6.29. The summed E-state index contributed by atoms with van der Waals surface area (Å²) in [7, 11) is 0. The highest BCUT2D eigenvalue weighted by Gasteiger charge is 2.26. The van der Waals surface area contributed by atoms with Crippen molar-refractivity contribution >= 4 is 18.1 Å². The number of rotatable bonds is 3. The SMILES string of the molecule is CC(C)(C)OC(=O)N[C@H]1CCN(c2ccc(C=O)cc2)C1. The molecule has 0 aliphatic carbocycles. The Bertz CT molecular complexity index is 505. The third kappa shape index (κ3) is 4.48. The summed E-state index contributed by atoms with van der Waals surface area (Å²) in [5, 5.41) is 2.90. The first-order valence-corrected chi connectivity index (χ1v) is 7.17. The topological polar surface area (TPSA) is 58.6 Å². The molecule has 1 aromatic carbocycles. The standard InChI is InChI=1S/C16H22N2O3/c1-16(2,3)21-15(20)17-13-8-9-18(10-13)14-6-4-12(11-19)5-7-14/h4-7,11,13H,8-10H2,1-3H3,(H,17,20)/t13-/m0/s1. The quantitative estimate of drug-likeness (QED) is 0.869. The lowest BCUT2D eigenvalue weighted by Crippen LogP contribution is -2.40. The van der Waals surface area contributed by atoms with Gasteiger partial charge in [-0.05, 0) is 51.5 Å². The largest absolute Gasteiger partial charge is 0.444 e. The molecule has 0 bridgehead atoms. The van der Waals surface area contributed by atoms with Gasteiger partial charge in [-0.2, -0.15) is 0 Å². The van der Waals surface area contributed by atoms with E-state index in [1.807, 2.05) is 32.9 Å². The van der Waals surface area contributed by atoms with E-state index >= 15 is 0 Å². The first-order valence-electron chi connectivity index (χ1n) is 7.17. The molecule has 1 fully saturated rings. The molecular formula is C16H22N2O3. The summed E-state index contributed by atoms with van der Waals surface area (Å²) in [4.78, 5) is 24.6. The van der Waals surface area contributed by atoms with Crippen molar-refractivity contribution in [3.63, 3.8) is 0 Å². The fourth-order valence-electron chi connectivity index (χ4n) is 2.35. The molecule has 5 nitrogen and oxygen atoms in total. The molecule has 2 rings (SSSR count). The summed E-state index contributed by atoms with van der Waals surface area (Å²) in [6.07, 6.45) is 1.35. The summed E-state index contributed by atoms with van der Waals surface area (Å²) in [6, 6.07) is 7.55. The van der Waals surface area contributed by atoms with E-state index in [0.29, 0.717) is 5.56 Å². The van der Waals surface area contributed by atoms with Crippen molar-refractivity contribution in [2.24, 2.45) is 0 Å². The van der Waals surface area contributed by atoms with Gasteiger partial charge in [-0.3, -0.25) is 4.79 Å². The van der Waals surface area contributed by atoms with Gasteiger partial charge in [-0.1, -0.05) is 0 Å². The lowest BCUT2D eigenvalue weighted by atomic mass is 10.2. The molecule has 1 atom stereocenters. The fraction of sp³-hybridized carbons (Fsp3) is 0.500. The maximum absolute atomic E-state index is 11.8. The molecule has 0 radical (unpaired) electrons. The van der Waals surface area contributed by atoms with E-state index in [-0.39, 0.29) is 12.1 Å². The van der Waals surface area contributed by atoms with Crippen molar-refractivity contribution in [1.29, 1.82) is 0 Å². The van der Waals surface area contributed by atoms with Gasteiger partial charge >= 0.3 is 6.09 Å². The summed E-state index contributed by atoms with van der Waals surface area (Å²) in [5.41, 5.74) is 1.25. The van der Waals surface area contributed by atoms with Gasteiger partial charge in [0.05, 0.1) is 6.04 Å². The summed E-state index contributed by atoms with van der Waals surface area (Å²) in [5.74, 6) is 0. The van der Waals surface area contributed by atoms with Crippen LogP contribution in [0.15, 0.2) is 24.3 Å². The third-order valence-corrected chi connectivity index (χ3v) is 3.30. The predicted molar refractivity (Wildman–Crippen MR) is 81.8 cm³/mol. The Balaban J connectivity index is 1.88. The second-order valence-corrected chi connectivity index (χ2v) is 6.29. The number of nitrogens with one attached hydrogen (secondary N) is 1. The van der Waals surface area contributed by atoms with Crippen LogP contribution in [-0.2, 0) is 4.74 Å². The first kappa shape index (κ1) is 15.4. The Morgan fingerprint density at radius 2 is 2.00 bits per heavy atom. The number of alkyl carbamates (subject to hydrolysis) is 1. The molecule has 1 saturated heterocycles. The maximum atomic E-state index is 11.8. The summed E-state index contributed by atoms with van der Waals surface area (Å²) >= 11 is 0. The van der Waals surface area contributed by atoms with Gasteiger partial charge in [0.15, 0.2) is 0 Å². The molecule has 1 aliphatic rings. The molecule has 0 spiro atoms. The lowest BCUT2D eigenvalue weighted by molar-refractivity contribution is 0.0509. The third-order valence-electron chi connectivity index (χ3n) is 3.30. The number of amides is 1. The van der Waals surface area contributed by atoms with Gasteiger partial charge in [-0.15, -0.1) is 0 Å². The van der Waals surface area contributed by atoms with Crippen molar-refractivity contribution in [1.82, 2.24) is 5.32 Å². The molecule has 1 aromatic rings. The lowest BCUT2D eigenvalue weighted by Gasteiger charge is -2.22. The molecule has 0 saturated carbocycles. The Morgan fingerprint density at radius 1 is 1.33 bits per heavy atom. The minimum Gasteiger partial charge on any atom is -0.444 e. The van der Waals surface area contributed by atoms with Crippen LogP contribution in [0.5, 0.6) is 0 Å². The van der Waals surface area contributed by atoms with Gasteiger partial charge in [-0.25, -0.2) is 4.79 Å². The van der Waals surface area contributed by atoms with Gasteiger partial charge in [0.1, 0.15) is 11.9 Å². The number of hydrogen-bond donors (Lipinski definition) is 1. The van der Waals surface area contributed by atoms with Crippen LogP contribution in [0.25, 0.3) is 0 Å². The number of carbonyl (C=O) groups is 2. The Morgan fingerprint density at radius 3 is 2.57 bits per heavy atom. The van der Waals surface area contributed by atoms with E-state index in [1.165, 1.54) is 0 Å². The monoisotopic (exact) mass is 290 g/mol. The van der Waals surface area contributed by atoms with Gasteiger partial charge in [0.2, 0.25) is 0 Å². The Hall–Kier alpha value is -2.04. The molecule has 1 heterocycles. The van der Waals surface area contributed by atoms with E-state index in [1.54, 1.807) is 12.1 Å². The van der Waals surface area contributed by atoms with E-state index in [0.717, 1.165) is 31.5 Å². The number of carbonyl (C=O) groups excluding carboxylic acids is 2. The van der Waals surface area contributed by atoms with Crippen molar-refractivity contribution in [2.75, 3.05) is 18.0 Å². The minimum absolute atomic E-state index is 0.0885. The van der Waals surface area contributed by atoms with Crippen molar-refractivity contribution in [2.45, 2.75) is 38.8 Å². The average Bonchev–Trinajstić information content (AvgIpc) is 2.85. The highest BCUT2D eigenvalue weighted by molar-refractivity contribution is 5.75. The van der Waals surface area contributed by atoms with Crippen LogP contribution in [0.1, 0.15) is 37.6 Å². The first-order chi connectivity index (χ1) is 9.87. The number of hydrogen-bond acceptors (Lipinski definition) is 4. The van der Waals surface area contributed by atoms with E-state index in [4.69, 9.17) is 4.74 Å². The Labute approximate surface area is 125 Å². The highest BCUT2D eigenvalue weighted by Crippen LogP contribution is 2.21. The smallest absolute Gasteiger partial charge is 0.407 e. The number of nitrogens with zero attached hydrogens (tertiary/aromatic N) is 1. The molecule has 21 heavy (non-hydrogen) atoms. The van der Waals surface area contributed by atoms with Crippen LogP contribution in [0.3, 0.4) is 0 Å². The molecule has 1 N–H and O–H groups in total. The van der Waals surface area contributed by atoms with Crippen LogP contribution >= 0.6 is 0 Å². The van der Waals surface area contributed by atoms with E-state index in [2.05, 4.69) is 10.2 Å². The molecular weight excluding hydrogens is 268 g/mol. The van der Waals surface area contributed by atoms with Crippen LogP contribution in [0.2, 0.25) is 0 Å². The Kier molecular flexibility index (Phi) is 4.50. The molecule has 114 valence electrons. The van der Waals surface area contributed by atoms with Crippen LogP contribution in [0, 0.1) is 0 Å². The van der Waals surface area contributed by atoms with Crippen LogP contribution in [0.4, 0.5) is 10.5 Å². The van der Waals surface area contributed by atoms with Gasteiger partial charge < -0.3 is 15.0 Å². The minimum atomic E-state index is -0.479. The van der Waals surface area contributed by atoms with Crippen molar-refractivity contribution < 1.29 is 14.3 Å². The normalized spacial score (nSPS) is 18.4. The van der Waals surface area contributed by atoms with Gasteiger partial charge in [0, 0.05) is 24.3 Å². The number of aldehydes is 1. The molecule has 1 amide bonds. The summed E-state index contributed by atoms with van der Waals surface area (Å²) in [6.45, 7) is 7.17. The average molecular weight is 290 g/mol. The zero-order valence-corrected chi connectivity index (χ0v) is 12.8. The van der Waals surface area contributed by atoms with E-state index < -0.39 is 5.60 Å². The molecule has 5 heteroatoms. The number of anilines is 1. The van der Waals surface area contributed by atoms with Crippen molar-refractivity contribution in [3.8, 4) is 0 Å². The van der Waals surface area contributed by atoms with Crippen molar-refractivity contribution in [3.05, 3.63) is 29.8 Å². The number of ether oxygens (including phenoxy) is 1. The summed E-state index contributed by atoms with van der Waals surface area (Å²) < 4.78 is 5.26. The van der Waals surface area contributed by atoms with E-state index in [9.17, 15) is 9.59 Å². The van der Waals surface area contributed by atoms with Gasteiger partial charge in [0.25, 0.3) is 0 Å². The second kappa shape index (κ2) is 6.16.